The van der Waals surface area contributed by atoms with Crippen LogP contribution in [0, 0.1) is 13.8 Å². The third-order valence-electron chi connectivity index (χ3n) is 1.17. The summed E-state index contributed by atoms with van der Waals surface area (Å²) in [6.07, 6.45) is 0. The molecule has 1 heteroatoms. The van der Waals surface area contributed by atoms with Gasteiger partial charge in [0.05, 0.1) is 0 Å². The van der Waals surface area contributed by atoms with Crippen molar-refractivity contribution in [2.75, 3.05) is 0 Å². The van der Waals surface area contributed by atoms with Gasteiger partial charge in [0, 0.05) is 17.4 Å². The fourth-order valence-electron chi connectivity index (χ4n) is 0.807. The van der Waals surface area contributed by atoms with Gasteiger partial charge in [0.2, 0.25) is 0 Å². The van der Waals surface area contributed by atoms with E-state index in [9.17, 15) is 0 Å². The van der Waals surface area contributed by atoms with Crippen molar-refractivity contribution in [1.82, 2.24) is 0 Å². The van der Waals surface area contributed by atoms with Crippen molar-refractivity contribution in [3.63, 3.8) is 0 Å². The first kappa shape index (κ1) is 8.75. The van der Waals surface area contributed by atoms with Crippen molar-refractivity contribution >= 4 is 0 Å². The van der Waals surface area contributed by atoms with E-state index >= 15 is 0 Å². The first-order valence-electron chi connectivity index (χ1n) is 2.82. The molecule has 0 aliphatic heterocycles. The molecule has 0 bridgehead atoms. The van der Waals surface area contributed by atoms with Crippen molar-refractivity contribution in [2.24, 2.45) is 0 Å². The second-order valence-electron chi connectivity index (χ2n) is 2.16. The van der Waals surface area contributed by atoms with E-state index in [4.69, 9.17) is 0 Å². The summed E-state index contributed by atoms with van der Waals surface area (Å²) in [7, 11) is 0. The minimum atomic E-state index is 0. The van der Waals surface area contributed by atoms with Crippen molar-refractivity contribution in [2.45, 2.75) is 13.8 Å². The number of aryl methyl sites for hydroxylation is 2. The molecule has 0 radical (unpaired) electrons. The SMILES string of the molecule is Cc1cccc(C)c1.[Cr]. The Balaban J connectivity index is 0.000000640. The van der Waals surface area contributed by atoms with E-state index in [0.717, 1.165) is 0 Å². The van der Waals surface area contributed by atoms with Gasteiger partial charge in [0.1, 0.15) is 0 Å². The van der Waals surface area contributed by atoms with E-state index in [2.05, 4.69) is 38.1 Å². The summed E-state index contributed by atoms with van der Waals surface area (Å²) >= 11 is 0. The number of hydrogen-bond donors (Lipinski definition) is 0. The first-order chi connectivity index (χ1) is 3.79. The van der Waals surface area contributed by atoms with Gasteiger partial charge in [-0.25, -0.2) is 0 Å². The van der Waals surface area contributed by atoms with Crippen LogP contribution in [0.4, 0.5) is 0 Å². The predicted octanol–water partition coefficient (Wildman–Crippen LogP) is 2.30. The summed E-state index contributed by atoms with van der Waals surface area (Å²) in [5, 5.41) is 0. The normalized spacial score (nSPS) is 8.22. The van der Waals surface area contributed by atoms with Crippen molar-refractivity contribution < 1.29 is 17.4 Å². The van der Waals surface area contributed by atoms with Crippen molar-refractivity contribution in [3.05, 3.63) is 35.4 Å². The Kier molecular flexibility index (Phi) is 3.61. The Morgan fingerprint density at radius 3 is 1.67 bits per heavy atom. The maximum atomic E-state index is 2.17. The molecule has 1 aromatic rings. The van der Waals surface area contributed by atoms with E-state index in [1.807, 2.05) is 0 Å². The fraction of sp³-hybridized carbons (Fsp3) is 0.250. The van der Waals surface area contributed by atoms with Crippen LogP contribution in [0.5, 0.6) is 0 Å². The van der Waals surface area contributed by atoms with Crippen LogP contribution < -0.4 is 0 Å². The molecule has 0 aromatic heterocycles. The molecular formula is C8H10Cr. The van der Waals surface area contributed by atoms with E-state index in [0.29, 0.717) is 0 Å². The van der Waals surface area contributed by atoms with Gasteiger partial charge in [-0.05, 0) is 13.8 Å². The van der Waals surface area contributed by atoms with E-state index in [1.165, 1.54) is 11.1 Å². The molecule has 0 fully saturated rings. The summed E-state index contributed by atoms with van der Waals surface area (Å²) in [6.45, 7) is 4.21. The number of hydrogen-bond acceptors (Lipinski definition) is 0. The van der Waals surface area contributed by atoms with Crippen LogP contribution in [0.25, 0.3) is 0 Å². The Bertz CT molecular complexity index is 164. The zero-order chi connectivity index (χ0) is 5.98. The molecule has 48 valence electrons. The van der Waals surface area contributed by atoms with Gasteiger partial charge >= 0.3 is 0 Å². The third-order valence-corrected chi connectivity index (χ3v) is 1.17. The molecule has 0 aliphatic rings. The average Bonchev–Trinajstić information content (AvgIpc) is 1.64. The zero-order valence-corrected chi connectivity index (χ0v) is 6.99. The Morgan fingerprint density at radius 1 is 1.00 bits per heavy atom. The van der Waals surface area contributed by atoms with Gasteiger partial charge < -0.3 is 0 Å². The van der Waals surface area contributed by atoms with Crippen LogP contribution >= 0.6 is 0 Å². The zero-order valence-electron chi connectivity index (χ0n) is 5.72. The monoisotopic (exact) mass is 158 g/mol. The minimum Gasteiger partial charge on any atom is -0.0617 e. The second kappa shape index (κ2) is 3.72. The maximum absolute atomic E-state index is 2.17. The topological polar surface area (TPSA) is 0 Å². The van der Waals surface area contributed by atoms with Crippen LogP contribution in [-0.2, 0) is 17.4 Å². The molecule has 0 amide bonds. The van der Waals surface area contributed by atoms with Gasteiger partial charge in [-0.3, -0.25) is 0 Å². The van der Waals surface area contributed by atoms with Crippen LogP contribution in [0.15, 0.2) is 24.3 Å². The van der Waals surface area contributed by atoms with Crippen molar-refractivity contribution in [3.8, 4) is 0 Å². The van der Waals surface area contributed by atoms with Crippen LogP contribution in [0.3, 0.4) is 0 Å². The summed E-state index contributed by atoms with van der Waals surface area (Å²) in [5.41, 5.74) is 2.68. The summed E-state index contributed by atoms with van der Waals surface area (Å²) in [6, 6.07) is 8.45. The molecule has 1 aromatic carbocycles. The van der Waals surface area contributed by atoms with Crippen LogP contribution in [0.1, 0.15) is 11.1 Å². The van der Waals surface area contributed by atoms with Gasteiger partial charge in [-0.15, -0.1) is 0 Å². The van der Waals surface area contributed by atoms with Gasteiger partial charge in [-0.1, -0.05) is 35.4 Å². The number of rotatable bonds is 0. The predicted molar refractivity (Wildman–Crippen MR) is 35.9 cm³/mol. The van der Waals surface area contributed by atoms with Crippen LogP contribution in [-0.4, -0.2) is 0 Å². The van der Waals surface area contributed by atoms with Crippen molar-refractivity contribution in [1.29, 1.82) is 0 Å². The summed E-state index contributed by atoms with van der Waals surface area (Å²) < 4.78 is 0. The largest absolute Gasteiger partial charge is 0.0617 e. The molecule has 0 saturated heterocycles. The quantitative estimate of drug-likeness (QED) is 0.543. The van der Waals surface area contributed by atoms with Gasteiger partial charge in [0.15, 0.2) is 0 Å². The molecule has 1 rings (SSSR count). The molecule has 9 heavy (non-hydrogen) atoms. The van der Waals surface area contributed by atoms with Gasteiger partial charge in [-0.2, -0.15) is 0 Å². The van der Waals surface area contributed by atoms with E-state index in [1.54, 1.807) is 0 Å². The smallest absolute Gasteiger partial charge is 0 e. The fourth-order valence-corrected chi connectivity index (χ4v) is 0.807. The molecule has 0 N–H and O–H groups in total. The average molecular weight is 158 g/mol. The Labute approximate surface area is 67.0 Å². The molecule has 0 saturated carbocycles. The molecule has 0 aliphatic carbocycles. The summed E-state index contributed by atoms with van der Waals surface area (Å²) in [5.74, 6) is 0. The molecule has 0 nitrogen and oxygen atoms in total. The Morgan fingerprint density at radius 2 is 1.44 bits per heavy atom. The second-order valence-corrected chi connectivity index (χ2v) is 2.16. The standard InChI is InChI=1S/C8H10.Cr/c1-7-4-3-5-8(2)6-7;/h3-6H,1-2H3;. The minimum absolute atomic E-state index is 0. The number of benzene rings is 1. The van der Waals surface area contributed by atoms with Crippen LogP contribution in [0.2, 0.25) is 0 Å². The third kappa shape index (κ3) is 2.70. The first-order valence-corrected chi connectivity index (χ1v) is 2.82. The molecular weight excluding hydrogens is 148 g/mol. The Hall–Kier alpha value is -0.248. The molecule has 0 spiro atoms. The van der Waals surface area contributed by atoms with E-state index in [-0.39, 0.29) is 17.4 Å². The molecule has 0 heterocycles. The molecule has 0 unspecified atom stereocenters. The van der Waals surface area contributed by atoms with E-state index < -0.39 is 0 Å². The maximum Gasteiger partial charge on any atom is 0 e. The van der Waals surface area contributed by atoms with Gasteiger partial charge in [0.25, 0.3) is 0 Å². The summed E-state index contributed by atoms with van der Waals surface area (Å²) in [4.78, 5) is 0. The molecule has 0 atom stereocenters.